The molecule has 0 saturated carbocycles. The van der Waals surface area contributed by atoms with E-state index < -0.39 is 5.82 Å². The fraction of sp³-hybridized carbons (Fsp3) is 0.227. The molecule has 0 heterocycles. The number of hydrogen-bond donors (Lipinski definition) is 2. The molecule has 30 heavy (non-hydrogen) atoms. The van der Waals surface area contributed by atoms with E-state index in [0.29, 0.717) is 39.6 Å². The number of ether oxygens (including phenoxy) is 1. The molecule has 0 radical (unpaired) electrons. The largest absolute Gasteiger partial charge is 0.426 e. The average molecular weight is 478 g/mol. The van der Waals surface area contributed by atoms with Crippen LogP contribution < -0.4 is 4.90 Å². The zero-order valence-electron chi connectivity index (χ0n) is 16.9. The summed E-state index contributed by atoms with van der Waals surface area (Å²) in [5.41, 5.74) is 2.20. The summed E-state index contributed by atoms with van der Waals surface area (Å²) in [6, 6.07) is 8.59. The third-order valence-corrected chi connectivity index (χ3v) is 5.28. The molecule has 1 amide bonds. The predicted octanol–water partition coefficient (Wildman–Crippen LogP) is 5.94. The van der Waals surface area contributed by atoms with Crippen LogP contribution in [-0.2, 0) is 16.1 Å². The minimum atomic E-state index is -0.546. The molecule has 0 saturated heterocycles. The van der Waals surface area contributed by atoms with Crippen LogP contribution in [0, 0.1) is 29.4 Å². The van der Waals surface area contributed by atoms with Crippen LogP contribution in [0.2, 0.25) is 0 Å². The number of nitrogens with one attached hydrogen (secondary N) is 2. The normalized spacial score (nSPS) is 11.5. The number of carbonyl (C=O) groups is 1. The van der Waals surface area contributed by atoms with Crippen molar-refractivity contribution in [1.82, 2.24) is 0 Å². The minimum Gasteiger partial charge on any atom is -0.426 e. The molecule has 5 nitrogen and oxygen atoms in total. The van der Waals surface area contributed by atoms with Gasteiger partial charge in [0.2, 0.25) is 12.3 Å². The lowest BCUT2D eigenvalue weighted by Gasteiger charge is -2.22. The van der Waals surface area contributed by atoms with E-state index in [1.54, 1.807) is 19.1 Å². The number of rotatable bonds is 7. The third-order valence-electron chi connectivity index (χ3n) is 4.37. The van der Waals surface area contributed by atoms with Crippen LogP contribution in [0.25, 0.3) is 4.48 Å². The topological polar surface area (TPSA) is 77.2 Å². The fourth-order valence-corrected chi connectivity index (χ4v) is 3.63. The Kier molecular flexibility index (Phi) is 8.00. The van der Waals surface area contributed by atoms with Gasteiger partial charge in [-0.2, -0.15) is 0 Å². The number of anilines is 1. The number of aryl methyl sites for hydroxylation is 1. The molecule has 2 rings (SSSR count). The van der Waals surface area contributed by atoms with Crippen LogP contribution in [0.3, 0.4) is 0 Å². The molecule has 0 unspecified atom stereocenters. The number of nitrogens with zero attached hydrogens (tertiary/aromatic N) is 1. The summed E-state index contributed by atoms with van der Waals surface area (Å²) in [5, 5.41) is 15.5. The molecular formula is C22H22BrF2N3O2. The Hall–Kier alpha value is -2.87. The summed E-state index contributed by atoms with van der Waals surface area (Å²) in [6.45, 7) is 4.90. The Morgan fingerprint density at radius 3 is 2.47 bits per heavy atom. The van der Waals surface area contributed by atoms with Gasteiger partial charge in [0, 0.05) is 22.5 Å². The van der Waals surface area contributed by atoms with Crippen molar-refractivity contribution >= 4 is 44.3 Å². The van der Waals surface area contributed by atoms with Crippen molar-refractivity contribution in [2.75, 3.05) is 4.90 Å². The highest BCUT2D eigenvalue weighted by Crippen LogP contribution is 2.35. The first-order chi connectivity index (χ1) is 14.2. The van der Waals surface area contributed by atoms with Crippen molar-refractivity contribution in [3.63, 3.8) is 0 Å². The maximum Gasteiger partial charge on any atom is 0.217 e. The van der Waals surface area contributed by atoms with Gasteiger partial charge in [-0.25, -0.2) is 8.78 Å². The van der Waals surface area contributed by atoms with Gasteiger partial charge in [0.25, 0.3) is 0 Å². The molecule has 0 aliphatic heterocycles. The Bertz CT molecular complexity index is 1020. The van der Waals surface area contributed by atoms with Gasteiger partial charge in [-0.1, -0.05) is 19.1 Å². The van der Waals surface area contributed by atoms with Gasteiger partial charge >= 0.3 is 0 Å². The lowest BCUT2D eigenvalue weighted by atomic mass is 10.0. The number of carbonyl (C=O) groups excluding carboxylic acids is 1. The van der Waals surface area contributed by atoms with Crippen LogP contribution >= 0.6 is 15.9 Å². The average Bonchev–Trinajstić information content (AvgIpc) is 2.68. The van der Waals surface area contributed by atoms with Crippen LogP contribution in [-0.4, -0.2) is 18.2 Å². The van der Waals surface area contributed by atoms with Gasteiger partial charge in [0.05, 0.1) is 12.2 Å². The van der Waals surface area contributed by atoms with Crippen LogP contribution in [0.1, 0.15) is 37.0 Å². The molecule has 158 valence electrons. The maximum absolute atomic E-state index is 14.0. The summed E-state index contributed by atoms with van der Waals surface area (Å²) in [7, 11) is 0. The number of hydrogen-bond acceptors (Lipinski definition) is 4. The molecule has 2 N–H and O–H groups in total. The maximum atomic E-state index is 14.0. The highest BCUT2D eigenvalue weighted by Gasteiger charge is 2.19. The zero-order valence-corrected chi connectivity index (χ0v) is 18.4. The summed E-state index contributed by atoms with van der Waals surface area (Å²) >= 11 is 3.45. The number of amides is 1. The van der Waals surface area contributed by atoms with Crippen molar-refractivity contribution in [2.45, 2.75) is 33.7 Å². The third kappa shape index (κ3) is 5.60. The lowest BCUT2D eigenvalue weighted by Crippen LogP contribution is -2.22. The molecule has 0 bridgehead atoms. The molecular weight excluding hydrogens is 456 g/mol. The Morgan fingerprint density at radius 1 is 1.20 bits per heavy atom. The zero-order chi connectivity index (χ0) is 22.4. The van der Waals surface area contributed by atoms with E-state index >= 15 is 0 Å². The summed E-state index contributed by atoms with van der Waals surface area (Å²) < 4.78 is 33.5. The van der Waals surface area contributed by atoms with Crippen molar-refractivity contribution < 1.29 is 18.3 Å². The first-order valence-corrected chi connectivity index (χ1v) is 9.94. The van der Waals surface area contributed by atoms with Gasteiger partial charge in [0.15, 0.2) is 5.90 Å². The lowest BCUT2D eigenvalue weighted by molar-refractivity contribution is -0.107. The van der Waals surface area contributed by atoms with Gasteiger partial charge in [0.1, 0.15) is 11.6 Å². The van der Waals surface area contributed by atoms with E-state index in [0.717, 1.165) is 0 Å². The van der Waals surface area contributed by atoms with E-state index in [9.17, 15) is 13.6 Å². The smallest absolute Gasteiger partial charge is 0.217 e. The molecule has 0 aliphatic rings. The molecule has 0 spiro atoms. The first-order valence-electron chi connectivity index (χ1n) is 9.15. The van der Waals surface area contributed by atoms with E-state index in [4.69, 9.17) is 15.6 Å². The fourth-order valence-electron chi connectivity index (χ4n) is 2.83. The second-order valence-corrected chi connectivity index (χ2v) is 7.40. The number of halogens is 3. The Balaban J connectivity index is 2.54. The Labute approximate surface area is 182 Å². The van der Waals surface area contributed by atoms with Gasteiger partial charge in [-0.15, -0.1) is 0 Å². The van der Waals surface area contributed by atoms with Crippen LogP contribution in [0.5, 0.6) is 0 Å². The predicted molar refractivity (Wildman–Crippen MR) is 118 cm³/mol. The molecule has 2 aromatic rings. The summed E-state index contributed by atoms with van der Waals surface area (Å²) in [5.74, 6) is -1.29. The van der Waals surface area contributed by atoms with Crippen molar-refractivity contribution in [1.29, 1.82) is 10.8 Å². The first kappa shape index (κ1) is 23.4. The van der Waals surface area contributed by atoms with E-state index in [-0.39, 0.29) is 29.8 Å². The summed E-state index contributed by atoms with van der Waals surface area (Å²) in [4.78, 5) is 13.1. The molecule has 0 aliphatic carbocycles. The minimum absolute atomic E-state index is 0.0342. The van der Waals surface area contributed by atoms with Gasteiger partial charge < -0.3 is 9.64 Å². The Morgan fingerprint density at radius 2 is 1.90 bits per heavy atom. The van der Waals surface area contributed by atoms with Crippen LogP contribution in [0.15, 0.2) is 42.0 Å². The van der Waals surface area contributed by atoms with Crippen LogP contribution in [0.4, 0.5) is 14.5 Å². The van der Waals surface area contributed by atoms with Crippen molar-refractivity contribution in [2.24, 2.45) is 0 Å². The molecule has 2 aromatic carbocycles. The standard InChI is InChI=1S/C22H22BrF2N3O2/c1-4-17(22(27)30-14(3)26)21(23)18-8-7-16(24)10-20(18)28(12-29)11-15-6-5-13(2)19(25)9-15/h5-10,12,26-27H,4,11H2,1-3H3/b21-17-,26-14?,27-22?. The monoisotopic (exact) mass is 477 g/mol. The second-order valence-electron chi connectivity index (χ2n) is 6.61. The molecule has 0 atom stereocenters. The van der Waals surface area contributed by atoms with E-state index in [2.05, 4.69) is 15.9 Å². The van der Waals surface area contributed by atoms with E-state index in [1.165, 1.54) is 36.1 Å². The second kappa shape index (κ2) is 10.2. The molecule has 8 heteroatoms. The molecule has 0 aromatic heterocycles. The van der Waals surface area contributed by atoms with E-state index in [1.807, 2.05) is 6.92 Å². The van der Waals surface area contributed by atoms with Crippen molar-refractivity contribution in [3.8, 4) is 0 Å². The van der Waals surface area contributed by atoms with Gasteiger partial charge in [-0.05, 0) is 64.7 Å². The quantitative estimate of drug-likeness (QED) is 0.294. The molecule has 0 fully saturated rings. The van der Waals surface area contributed by atoms with Crippen molar-refractivity contribution in [3.05, 3.63) is 70.3 Å². The SMILES string of the molecule is CC/C(C(=N)OC(C)=N)=C(/Br)c1ccc(F)cc1N(C=O)Cc1ccc(C)c(F)c1. The highest BCUT2D eigenvalue weighted by atomic mass is 79.9. The summed E-state index contributed by atoms with van der Waals surface area (Å²) in [6.07, 6.45) is 0.944. The van der Waals surface area contributed by atoms with Gasteiger partial charge in [-0.3, -0.25) is 15.6 Å². The number of benzene rings is 2. The highest BCUT2D eigenvalue weighted by molar-refractivity contribution is 9.15.